The van der Waals surface area contributed by atoms with Gasteiger partial charge in [-0.2, -0.15) is 10.1 Å². The summed E-state index contributed by atoms with van der Waals surface area (Å²) in [7, 11) is 0. The summed E-state index contributed by atoms with van der Waals surface area (Å²) in [5, 5.41) is 5.95. The molecule has 0 N–H and O–H groups in total. The predicted octanol–water partition coefficient (Wildman–Crippen LogP) is 6.27. The zero-order valence-corrected chi connectivity index (χ0v) is 17.7. The van der Waals surface area contributed by atoms with Crippen molar-refractivity contribution in [2.24, 2.45) is 22.9 Å². The highest BCUT2D eigenvalue weighted by molar-refractivity contribution is 5.71. The molecule has 0 heterocycles. The molecule has 146 valence electrons. The Morgan fingerprint density at radius 2 is 1.72 bits per heavy atom. The maximum atomic E-state index is 12.6. The summed E-state index contributed by atoms with van der Waals surface area (Å²) in [5.74, 6) is 1.48. The van der Waals surface area contributed by atoms with E-state index in [4.69, 9.17) is 4.74 Å². The third-order valence-corrected chi connectivity index (χ3v) is 3.77. The molecule has 0 spiro atoms. The topological polar surface area (TPSA) is 41.9 Å². The van der Waals surface area contributed by atoms with E-state index in [-0.39, 0.29) is 6.04 Å². The van der Waals surface area contributed by atoms with Crippen molar-refractivity contribution >= 4 is 12.3 Å². The van der Waals surface area contributed by atoms with Crippen molar-refractivity contribution in [2.45, 2.75) is 92.7 Å². The van der Waals surface area contributed by atoms with Gasteiger partial charge in [0.2, 0.25) is 0 Å². The first-order chi connectivity index (χ1) is 11.5. The van der Waals surface area contributed by atoms with Gasteiger partial charge in [-0.05, 0) is 51.4 Å². The Morgan fingerprint density at radius 3 is 2.16 bits per heavy atom. The van der Waals surface area contributed by atoms with Gasteiger partial charge in [-0.25, -0.2) is 4.79 Å². The minimum atomic E-state index is -0.544. The lowest BCUT2D eigenvalue weighted by Gasteiger charge is -2.29. The van der Waals surface area contributed by atoms with Gasteiger partial charge in [0, 0.05) is 6.21 Å². The van der Waals surface area contributed by atoms with Crippen LogP contribution in [-0.2, 0) is 4.74 Å². The molecule has 4 heteroatoms. The smallest absolute Gasteiger partial charge is 0.431 e. The van der Waals surface area contributed by atoms with Crippen LogP contribution in [0.15, 0.2) is 17.8 Å². The van der Waals surface area contributed by atoms with Crippen molar-refractivity contribution < 1.29 is 9.53 Å². The van der Waals surface area contributed by atoms with E-state index >= 15 is 0 Å². The molecule has 0 saturated carbocycles. The van der Waals surface area contributed by atoms with Gasteiger partial charge in [-0.15, -0.1) is 6.58 Å². The Balaban J connectivity index is 5.07. The van der Waals surface area contributed by atoms with Crippen molar-refractivity contribution in [3.05, 3.63) is 12.7 Å². The molecule has 4 nitrogen and oxygen atoms in total. The molecule has 0 aromatic carbocycles. The van der Waals surface area contributed by atoms with Crippen LogP contribution in [0.5, 0.6) is 0 Å². The normalized spacial score (nSPS) is 14.8. The molecule has 0 rings (SSSR count). The van der Waals surface area contributed by atoms with Crippen molar-refractivity contribution in [3.8, 4) is 0 Å². The van der Waals surface area contributed by atoms with Crippen LogP contribution in [0.25, 0.3) is 0 Å². The zero-order valence-electron chi connectivity index (χ0n) is 17.7. The highest BCUT2D eigenvalue weighted by atomic mass is 16.6. The molecule has 2 atom stereocenters. The number of ether oxygens (including phenoxy) is 1. The van der Waals surface area contributed by atoms with Crippen LogP contribution in [0.3, 0.4) is 0 Å². The molecule has 0 aromatic rings. The van der Waals surface area contributed by atoms with E-state index in [1.54, 1.807) is 6.08 Å². The number of nitrogens with zero attached hydrogens (tertiary/aromatic N) is 2. The predicted molar refractivity (Wildman–Crippen MR) is 108 cm³/mol. The van der Waals surface area contributed by atoms with E-state index < -0.39 is 11.7 Å². The SMILES string of the molecule is C=CC(CC(C)C)N(/N=C/[C@@H](C)CCCC(C)C)C(=O)OC(C)(C)C. The van der Waals surface area contributed by atoms with Crippen molar-refractivity contribution in [3.63, 3.8) is 0 Å². The number of hydrogen-bond acceptors (Lipinski definition) is 3. The second-order valence-corrected chi connectivity index (χ2v) is 8.82. The van der Waals surface area contributed by atoms with Gasteiger partial charge in [0.15, 0.2) is 0 Å². The fourth-order valence-electron chi connectivity index (χ4n) is 2.46. The standard InChI is InChI=1S/C21H40N2O2/c1-10-19(14-17(4)5)23(20(24)25-21(7,8)9)22-15-18(6)13-11-12-16(2)3/h10,15-19H,1,11-14H2,2-9H3/b22-15+/t18-,19?/m0/s1. The van der Waals surface area contributed by atoms with E-state index in [0.29, 0.717) is 11.8 Å². The highest BCUT2D eigenvalue weighted by Gasteiger charge is 2.27. The lowest BCUT2D eigenvalue weighted by molar-refractivity contribution is 0.0190. The molecule has 0 fully saturated rings. The average Bonchev–Trinajstić information content (AvgIpc) is 2.43. The second-order valence-electron chi connectivity index (χ2n) is 8.82. The van der Waals surface area contributed by atoms with E-state index in [2.05, 4.69) is 46.3 Å². The second kappa shape index (κ2) is 11.3. The van der Waals surface area contributed by atoms with Gasteiger partial charge < -0.3 is 4.74 Å². The molecule has 0 radical (unpaired) electrons. The summed E-state index contributed by atoms with van der Waals surface area (Å²) < 4.78 is 5.53. The third kappa shape index (κ3) is 11.8. The van der Waals surface area contributed by atoms with Crippen LogP contribution < -0.4 is 0 Å². The van der Waals surface area contributed by atoms with Gasteiger partial charge in [0.05, 0.1) is 6.04 Å². The molecule has 0 aliphatic heterocycles. The number of carbonyl (C=O) groups is 1. The lowest BCUT2D eigenvalue weighted by Crippen LogP contribution is -2.40. The molecule has 0 aromatic heterocycles. The summed E-state index contributed by atoms with van der Waals surface area (Å²) in [6.45, 7) is 20.4. The van der Waals surface area contributed by atoms with Gasteiger partial charge in [-0.3, -0.25) is 0 Å². The lowest BCUT2D eigenvalue weighted by atomic mass is 10.0. The maximum absolute atomic E-state index is 12.6. The minimum Gasteiger partial charge on any atom is -0.442 e. The Morgan fingerprint density at radius 1 is 1.12 bits per heavy atom. The Kier molecular flexibility index (Phi) is 10.7. The molecule has 0 bridgehead atoms. The molecule has 0 aliphatic carbocycles. The van der Waals surface area contributed by atoms with E-state index in [1.807, 2.05) is 27.0 Å². The largest absolute Gasteiger partial charge is 0.442 e. The number of rotatable bonds is 10. The van der Waals surface area contributed by atoms with Crippen LogP contribution in [0, 0.1) is 17.8 Å². The van der Waals surface area contributed by atoms with Gasteiger partial charge in [0.25, 0.3) is 0 Å². The maximum Gasteiger partial charge on any atom is 0.431 e. The quantitative estimate of drug-likeness (QED) is 0.264. The van der Waals surface area contributed by atoms with Crippen LogP contribution in [0.4, 0.5) is 4.79 Å². The molecule has 1 amide bonds. The number of amides is 1. The Bertz CT molecular complexity index is 422. The average molecular weight is 353 g/mol. The van der Waals surface area contributed by atoms with Crippen LogP contribution in [0.2, 0.25) is 0 Å². The summed E-state index contributed by atoms with van der Waals surface area (Å²) in [6, 6.07) is -0.158. The van der Waals surface area contributed by atoms with Gasteiger partial charge in [-0.1, -0.05) is 53.5 Å². The first kappa shape index (κ1) is 23.7. The summed E-state index contributed by atoms with van der Waals surface area (Å²) in [5.41, 5.74) is -0.544. The fourth-order valence-corrected chi connectivity index (χ4v) is 2.46. The first-order valence-corrected chi connectivity index (χ1v) is 9.65. The molecule has 0 aliphatic rings. The van der Waals surface area contributed by atoms with Crippen molar-refractivity contribution in [1.29, 1.82) is 0 Å². The fraction of sp³-hybridized carbons (Fsp3) is 0.810. The molecular weight excluding hydrogens is 312 g/mol. The summed E-state index contributed by atoms with van der Waals surface area (Å²) in [6.07, 6.45) is 7.52. The van der Waals surface area contributed by atoms with E-state index in [9.17, 15) is 4.79 Å². The van der Waals surface area contributed by atoms with Gasteiger partial charge >= 0.3 is 6.09 Å². The van der Waals surface area contributed by atoms with E-state index in [1.165, 1.54) is 17.9 Å². The Labute approximate surface area is 155 Å². The number of carbonyl (C=O) groups excluding carboxylic acids is 1. The molecule has 25 heavy (non-hydrogen) atoms. The first-order valence-electron chi connectivity index (χ1n) is 9.65. The van der Waals surface area contributed by atoms with Crippen molar-refractivity contribution in [1.82, 2.24) is 5.01 Å². The van der Waals surface area contributed by atoms with Crippen LogP contribution in [-0.4, -0.2) is 29.0 Å². The molecule has 0 saturated heterocycles. The summed E-state index contributed by atoms with van der Waals surface area (Å²) in [4.78, 5) is 12.6. The molecular formula is C21H40N2O2. The highest BCUT2D eigenvalue weighted by Crippen LogP contribution is 2.18. The summed E-state index contributed by atoms with van der Waals surface area (Å²) >= 11 is 0. The minimum absolute atomic E-state index is 0.158. The monoisotopic (exact) mass is 352 g/mol. The van der Waals surface area contributed by atoms with Crippen LogP contribution in [0.1, 0.15) is 81.1 Å². The van der Waals surface area contributed by atoms with E-state index in [0.717, 1.165) is 18.8 Å². The number of hydrazone groups is 1. The van der Waals surface area contributed by atoms with Gasteiger partial charge in [0.1, 0.15) is 5.60 Å². The van der Waals surface area contributed by atoms with Crippen molar-refractivity contribution in [2.75, 3.05) is 0 Å². The third-order valence-electron chi connectivity index (χ3n) is 3.77. The number of hydrogen-bond donors (Lipinski definition) is 0. The van der Waals surface area contributed by atoms with Crippen LogP contribution >= 0.6 is 0 Å². The zero-order chi connectivity index (χ0) is 19.6. The Hall–Kier alpha value is -1.32. The molecule has 1 unspecified atom stereocenters.